The van der Waals surface area contributed by atoms with Crippen LogP contribution in [-0.4, -0.2) is 57.3 Å². The molecule has 1 saturated heterocycles. The lowest BCUT2D eigenvalue weighted by atomic mass is 10.1. The molecule has 11 heteroatoms. The second kappa shape index (κ2) is 13.0. The lowest BCUT2D eigenvalue weighted by Crippen LogP contribution is -2.48. The highest BCUT2D eigenvalue weighted by atomic mass is 35.5. The molecule has 2 amide bonds. The number of hydrogen-bond acceptors (Lipinski definition) is 6. The molecular formula is C34H28Cl2N6O3. The summed E-state index contributed by atoms with van der Waals surface area (Å²) >= 11 is 12.0. The van der Waals surface area contributed by atoms with E-state index >= 15 is 0 Å². The average Bonchev–Trinajstić information content (AvgIpc) is 3.38. The van der Waals surface area contributed by atoms with Crippen molar-refractivity contribution in [2.45, 2.75) is 6.54 Å². The van der Waals surface area contributed by atoms with Crippen LogP contribution in [-0.2, 0) is 13.6 Å². The molecule has 9 nitrogen and oxygen atoms in total. The quantitative estimate of drug-likeness (QED) is 0.211. The SMILES string of the molecule is Cn1c(C(=O)N2CCN(Cc3ccc(C#N)cc3)CC2)cc2cc(Oc3ccc(NC(=O)c4ccc(Cl)c(Cl)c4)cn3)ccc21. The minimum absolute atomic E-state index is 0.00522. The number of amides is 2. The molecule has 6 rings (SSSR count). The molecule has 0 bridgehead atoms. The molecule has 45 heavy (non-hydrogen) atoms. The van der Waals surface area contributed by atoms with Gasteiger partial charge in [-0.1, -0.05) is 35.3 Å². The molecule has 3 aromatic carbocycles. The highest BCUT2D eigenvalue weighted by molar-refractivity contribution is 6.42. The molecule has 0 aliphatic carbocycles. The van der Waals surface area contributed by atoms with E-state index in [0.29, 0.717) is 57.3 Å². The summed E-state index contributed by atoms with van der Waals surface area (Å²) in [6, 6.07) is 25.3. The summed E-state index contributed by atoms with van der Waals surface area (Å²) < 4.78 is 7.89. The predicted molar refractivity (Wildman–Crippen MR) is 174 cm³/mol. The summed E-state index contributed by atoms with van der Waals surface area (Å²) in [6.07, 6.45) is 1.51. The number of aromatic nitrogens is 2. The molecule has 0 spiro atoms. The number of carbonyl (C=O) groups is 2. The molecule has 3 heterocycles. The van der Waals surface area contributed by atoms with Crippen LogP contribution in [0, 0.1) is 11.3 Å². The number of aryl methyl sites for hydroxylation is 1. The minimum Gasteiger partial charge on any atom is -0.439 e. The van der Waals surface area contributed by atoms with Crippen LogP contribution in [0.25, 0.3) is 10.9 Å². The Morgan fingerprint density at radius 3 is 2.40 bits per heavy atom. The zero-order chi connectivity index (χ0) is 31.5. The standard InChI is InChI=1S/C34H28Cl2N6O3/c1-40-30-10-8-27(45-32-11-7-26(20-38-32)39-33(43)24-6-9-28(35)29(36)17-24)16-25(30)18-31(40)34(44)42-14-12-41(13-15-42)21-23-4-2-22(19-37)3-5-23/h2-11,16-18,20H,12-15,21H2,1H3,(H,39,43). The van der Waals surface area contributed by atoms with E-state index in [1.54, 1.807) is 24.3 Å². The maximum absolute atomic E-state index is 13.5. The third-order valence-corrected chi connectivity index (χ3v) is 8.52. The number of nitriles is 1. The van der Waals surface area contributed by atoms with Crippen LogP contribution in [0.3, 0.4) is 0 Å². The number of carbonyl (C=O) groups excluding carboxylic acids is 2. The Bertz CT molecular complexity index is 1930. The van der Waals surface area contributed by atoms with Gasteiger partial charge in [-0.05, 0) is 66.2 Å². The van der Waals surface area contributed by atoms with Gasteiger partial charge < -0.3 is 19.5 Å². The van der Waals surface area contributed by atoms with Crippen LogP contribution in [0.2, 0.25) is 10.0 Å². The van der Waals surface area contributed by atoms with Gasteiger partial charge in [-0.25, -0.2) is 4.98 Å². The van der Waals surface area contributed by atoms with E-state index in [2.05, 4.69) is 21.3 Å². The first-order valence-corrected chi connectivity index (χ1v) is 15.0. The zero-order valence-corrected chi connectivity index (χ0v) is 25.8. The van der Waals surface area contributed by atoms with Crippen LogP contribution in [0.4, 0.5) is 5.69 Å². The third-order valence-electron chi connectivity index (χ3n) is 7.78. The maximum atomic E-state index is 13.5. The number of hydrogen-bond donors (Lipinski definition) is 1. The highest BCUT2D eigenvalue weighted by Crippen LogP contribution is 2.28. The summed E-state index contributed by atoms with van der Waals surface area (Å²) in [7, 11) is 1.89. The number of nitrogens with one attached hydrogen (secondary N) is 1. The molecule has 1 aliphatic heterocycles. The smallest absolute Gasteiger partial charge is 0.270 e. The molecule has 226 valence electrons. The fourth-order valence-corrected chi connectivity index (χ4v) is 5.58. The van der Waals surface area contributed by atoms with E-state index in [4.69, 9.17) is 33.2 Å². The van der Waals surface area contributed by atoms with Gasteiger partial charge in [-0.2, -0.15) is 5.26 Å². The molecule has 0 radical (unpaired) electrons. The minimum atomic E-state index is -0.339. The summed E-state index contributed by atoms with van der Waals surface area (Å²) in [5.74, 6) is 0.583. The molecule has 0 saturated carbocycles. The van der Waals surface area contributed by atoms with Crippen molar-refractivity contribution in [1.29, 1.82) is 5.26 Å². The molecular weight excluding hydrogens is 611 g/mol. The second-order valence-electron chi connectivity index (χ2n) is 10.8. The number of nitrogens with zero attached hydrogens (tertiary/aromatic N) is 5. The summed E-state index contributed by atoms with van der Waals surface area (Å²) in [4.78, 5) is 34.6. The average molecular weight is 640 g/mol. The van der Waals surface area contributed by atoms with Gasteiger partial charge in [0.15, 0.2) is 0 Å². The van der Waals surface area contributed by atoms with Crippen molar-refractivity contribution in [2.75, 3.05) is 31.5 Å². The van der Waals surface area contributed by atoms with Gasteiger partial charge in [-0.15, -0.1) is 0 Å². The molecule has 5 aromatic rings. The predicted octanol–water partition coefficient (Wildman–Crippen LogP) is 6.75. The number of anilines is 1. The number of halogens is 2. The van der Waals surface area contributed by atoms with E-state index in [-0.39, 0.29) is 11.8 Å². The largest absolute Gasteiger partial charge is 0.439 e. The van der Waals surface area contributed by atoms with Gasteiger partial charge in [0.1, 0.15) is 11.4 Å². The fraction of sp³-hybridized carbons (Fsp3) is 0.176. The van der Waals surface area contributed by atoms with Crippen molar-refractivity contribution in [1.82, 2.24) is 19.4 Å². The van der Waals surface area contributed by atoms with Crippen molar-refractivity contribution < 1.29 is 14.3 Å². The van der Waals surface area contributed by atoms with Crippen molar-refractivity contribution >= 4 is 51.6 Å². The van der Waals surface area contributed by atoms with Crippen molar-refractivity contribution in [3.05, 3.63) is 117 Å². The first kappa shape index (κ1) is 30.2. The van der Waals surface area contributed by atoms with Crippen LogP contribution >= 0.6 is 23.2 Å². The topological polar surface area (TPSA) is 103 Å². The molecule has 0 unspecified atom stereocenters. The zero-order valence-electron chi connectivity index (χ0n) is 24.3. The Morgan fingerprint density at radius 2 is 1.71 bits per heavy atom. The molecule has 1 N–H and O–H groups in total. The van der Waals surface area contributed by atoms with E-state index < -0.39 is 0 Å². The Kier molecular flexibility index (Phi) is 8.71. The molecule has 1 fully saturated rings. The van der Waals surface area contributed by atoms with Gasteiger partial charge >= 0.3 is 0 Å². The van der Waals surface area contributed by atoms with Crippen molar-refractivity contribution in [2.24, 2.45) is 7.05 Å². The number of benzene rings is 3. The van der Waals surface area contributed by atoms with Crippen LogP contribution < -0.4 is 10.1 Å². The Hall–Kier alpha value is -4.88. The third kappa shape index (κ3) is 6.79. The highest BCUT2D eigenvalue weighted by Gasteiger charge is 2.25. The van der Waals surface area contributed by atoms with E-state index in [1.165, 1.54) is 12.3 Å². The van der Waals surface area contributed by atoms with E-state index in [1.807, 2.05) is 65.0 Å². The van der Waals surface area contributed by atoms with Gasteiger partial charge in [0, 0.05) is 62.3 Å². The number of fused-ring (bicyclic) bond motifs is 1. The van der Waals surface area contributed by atoms with Crippen LogP contribution in [0.15, 0.2) is 85.1 Å². The maximum Gasteiger partial charge on any atom is 0.270 e. The number of ether oxygens (including phenoxy) is 1. The van der Waals surface area contributed by atoms with Gasteiger partial charge in [0.05, 0.1) is 33.6 Å². The van der Waals surface area contributed by atoms with Gasteiger partial charge in [0.2, 0.25) is 5.88 Å². The number of rotatable bonds is 7. The first-order valence-electron chi connectivity index (χ1n) is 14.3. The van der Waals surface area contributed by atoms with Gasteiger partial charge in [0.25, 0.3) is 11.8 Å². The van der Waals surface area contributed by atoms with Crippen molar-refractivity contribution in [3.63, 3.8) is 0 Å². The van der Waals surface area contributed by atoms with Crippen molar-refractivity contribution in [3.8, 4) is 17.7 Å². The van der Waals surface area contributed by atoms with Gasteiger partial charge in [-0.3, -0.25) is 14.5 Å². The van der Waals surface area contributed by atoms with Crippen LogP contribution in [0.1, 0.15) is 32.0 Å². The Balaban J connectivity index is 1.07. The molecule has 0 atom stereocenters. The second-order valence-corrected chi connectivity index (χ2v) is 11.6. The number of piperazine rings is 1. The fourth-order valence-electron chi connectivity index (χ4n) is 5.29. The Labute approximate surface area is 270 Å². The molecule has 1 aliphatic rings. The van der Waals surface area contributed by atoms with E-state index in [9.17, 15) is 9.59 Å². The van der Waals surface area contributed by atoms with E-state index in [0.717, 1.165) is 36.1 Å². The summed E-state index contributed by atoms with van der Waals surface area (Å²) in [6.45, 7) is 3.62. The monoisotopic (exact) mass is 638 g/mol. The first-order chi connectivity index (χ1) is 21.8. The lowest BCUT2D eigenvalue weighted by Gasteiger charge is -2.34. The number of pyridine rings is 1. The Morgan fingerprint density at radius 1 is 0.933 bits per heavy atom. The summed E-state index contributed by atoms with van der Waals surface area (Å²) in [5.41, 5.74) is 4.20. The lowest BCUT2D eigenvalue weighted by molar-refractivity contribution is 0.0619. The van der Waals surface area contributed by atoms with Crippen LogP contribution in [0.5, 0.6) is 11.6 Å². The summed E-state index contributed by atoms with van der Waals surface area (Å²) in [5, 5.41) is 13.3. The normalized spacial score (nSPS) is 13.4. The molecule has 2 aromatic heterocycles.